The van der Waals surface area contributed by atoms with Gasteiger partial charge in [0.25, 0.3) is 0 Å². The number of hydrogen-bond acceptors (Lipinski definition) is 0. The molecule has 11 heavy (non-hydrogen) atoms. The second kappa shape index (κ2) is 5.72. The van der Waals surface area contributed by atoms with Gasteiger partial charge in [-0.1, -0.05) is 56.8 Å². The minimum atomic E-state index is 0. The molecule has 0 saturated carbocycles. The van der Waals surface area contributed by atoms with E-state index in [9.17, 15) is 0 Å². The van der Waals surface area contributed by atoms with Crippen LogP contribution in [0.1, 0.15) is 26.3 Å². The Morgan fingerprint density at radius 3 is 2.36 bits per heavy atom. The highest BCUT2D eigenvalue weighted by Crippen LogP contribution is 2.00. The zero-order valence-corrected chi connectivity index (χ0v) is 6.25. The molecule has 0 bridgehead atoms. The van der Waals surface area contributed by atoms with Crippen molar-refractivity contribution in [3.63, 3.8) is 0 Å². The van der Waals surface area contributed by atoms with Gasteiger partial charge in [-0.2, -0.15) is 0 Å². The molecule has 0 aliphatic heterocycles. The molecule has 0 heterocycles. The molecule has 0 saturated heterocycles. The van der Waals surface area contributed by atoms with Gasteiger partial charge >= 0.3 is 0 Å². The van der Waals surface area contributed by atoms with Gasteiger partial charge in [0.2, 0.25) is 0 Å². The van der Waals surface area contributed by atoms with E-state index < -0.39 is 0 Å². The quantitative estimate of drug-likeness (QED) is 0.599. The summed E-state index contributed by atoms with van der Waals surface area (Å²) in [5.41, 5.74) is 1.28. The Bertz CT molecular complexity index is 197. The lowest BCUT2D eigenvalue weighted by Gasteiger charge is -1.88. The molecular formula is C11H16. The Morgan fingerprint density at radius 2 is 1.82 bits per heavy atom. The molecule has 0 unspecified atom stereocenters. The number of benzene rings is 1. The molecule has 0 nitrogen and oxygen atoms in total. The van der Waals surface area contributed by atoms with Crippen LogP contribution in [-0.4, -0.2) is 0 Å². The van der Waals surface area contributed by atoms with E-state index in [0.717, 1.165) is 6.42 Å². The summed E-state index contributed by atoms with van der Waals surface area (Å²) < 4.78 is 0. The van der Waals surface area contributed by atoms with E-state index in [-0.39, 0.29) is 7.43 Å². The van der Waals surface area contributed by atoms with Gasteiger partial charge in [-0.3, -0.25) is 0 Å². The van der Waals surface area contributed by atoms with Crippen LogP contribution >= 0.6 is 0 Å². The summed E-state index contributed by atoms with van der Waals surface area (Å²) >= 11 is 0. The minimum Gasteiger partial charge on any atom is -0.0842 e. The highest BCUT2D eigenvalue weighted by Gasteiger charge is 1.78. The predicted molar refractivity (Wildman–Crippen MR) is 52.5 cm³/mol. The van der Waals surface area contributed by atoms with Gasteiger partial charge < -0.3 is 0 Å². The first kappa shape index (κ1) is 9.96. The standard InChI is InChI=1S/C10H12.CH4/c1-2-3-7-10-8-5-4-6-9-10;/h3-9H,2H2,1H3;1H4/b7-3+;. The summed E-state index contributed by atoms with van der Waals surface area (Å²) in [6.45, 7) is 2.14. The molecule has 0 N–H and O–H groups in total. The van der Waals surface area contributed by atoms with Crippen molar-refractivity contribution in [1.29, 1.82) is 0 Å². The molecule has 60 valence electrons. The van der Waals surface area contributed by atoms with Crippen molar-refractivity contribution in [3.05, 3.63) is 42.0 Å². The molecule has 1 aromatic rings. The van der Waals surface area contributed by atoms with Crippen LogP contribution in [0.2, 0.25) is 0 Å². The van der Waals surface area contributed by atoms with Gasteiger partial charge in [0, 0.05) is 0 Å². The largest absolute Gasteiger partial charge is 0.0842 e. The van der Waals surface area contributed by atoms with Crippen LogP contribution in [-0.2, 0) is 0 Å². The number of hydrogen-bond donors (Lipinski definition) is 0. The lowest BCUT2D eigenvalue weighted by Crippen LogP contribution is -1.66. The zero-order chi connectivity index (χ0) is 7.23. The van der Waals surface area contributed by atoms with Crippen LogP contribution in [0.5, 0.6) is 0 Å². The summed E-state index contributed by atoms with van der Waals surface area (Å²) in [5.74, 6) is 0. The van der Waals surface area contributed by atoms with Crippen molar-refractivity contribution in [2.24, 2.45) is 0 Å². The van der Waals surface area contributed by atoms with Gasteiger partial charge in [0.05, 0.1) is 0 Å². The van der Waals surface area contributed by atoms with E-state index in [1.54, 1.807) is 0 Å². The Morgan fingerprint density at radius 1 is 1.18 bits per heavy atom. The average molecular weight is 148 g/mol. The van der Waals surface area contributed by atoms with E-state index in [2.05, 4.69) is 43.3 Å². The SMILES string of the molecule is C.CC/C=C/c1ccccc1. The van der Waals surface area contributed by atoms with Gasteiger partial charge in [-0.25, -0.2) is 0 Å². The van der Waals surface area contributed by atoms with Crippen LogP contribution in [0.3, 0.4) is 0 Å². The Hall–Kier alpha value is -1.04. The van der Waals surface area contributed by atoms with Crippen LogP contribution in [0.25, 0.3) is 6.08 Å². The molecule has 0 aliphatic rings. The second-order valence-corrected chi connectivity index (χ2v) is 2.22. The average Bonchev–Trinajstić information content (AvgIpc) is 2.03. The van der Waals surface area contributed by atoms with Crippen molar-refractivity contribution in [3.8, 4) is 0 Å². The van der Waals surface area contributed by atoms with E-state index in [1.807, 2.05) is 6.07 Å². The van der Waals surface area contributed by atoms with Crippen LogP contribution in [0.15, 0.2) is 36.4 Å². The summed E-state index contributed by atoms with van der Waals surface area (Å²) in [5, 5.41) is 0. The third-order valence-electron chi connectivity index (χ3n) is 1.35. The fourth-order valence-corrected chi connectivity index (χ4v) is 0.818. The summed E-state index contributed by atoms with van der Waals surface area (Å²) in [6, 6.07) is 10.3. The lowest BCUT2D eigenvalue weighted by atomic mass is 10.2. The minimum absolute atomic E-state index is 0. The molecule has 0 spiro atoms. The summed E-state index contributed by atoms with van der Waals surface area (Å²) in [6.07, 6.45) is 5.41. The van der Waals surface area contributed by atoms with E-state index >= 15 is 0 Å². The Labute approximate surface area is 69.6 Å². The van der Waals surface area contributed by atoms with Crippen molar-refractivity contribution in [2.45, 2.75) is 20.8 Å². The van der Waals surface area contributed by atoms with Crippen molar-refractivity contribution in [2.75, 3.05) is 0 Å². The Kier molecular flexibility index (Phi) is 5.18. The second-order valence-electron chi connectivity index (χ2n) is 2.22. The molecule has 0 radical (unpaired) electrons. The molecule has 0 atom stereocenters. The van der Waals surface area contributed by atoms with Gasteiger partial charge in [0.1, 0.15) is 0 Å². The highest BCUT2D eigenvalue weighted by atomic mass is 13.8. The molecule has 0 heteroatoms. The first-order valence-electron chi connectivity index (χ1n) is 3.65. The summed E-state index contributed by atoms with van der Waals surface area (Å²) in [4.78, 5) is 0. The van der Waals surface area contributed by atoms with Crippen LogP contribution in [0, 0.1) is 0 Å². The molecule has 0 amide bonds. The highest BCUT2D eigenvalue weighted by molar-refractivity contribution is 5.48. The van der Waals surface area contributed by atoms with Gasteiger partial charge in [0.15, 0.2) is 0 Å². The first-order valence-corrected chi connectivity index (χ1v) is 3.65. The predicted octanol–water partition coefficient (Wildman–Crippen LogP) is 3.75. The van der Waals surface area contributed by atoms with Crippen molar-refractivity contribution >= 4 is 6.08 Å². The maximum atomic E-state index is 2.16. The van der Waals surface area contributed by atoms with Crippen molar-refractivity contribution < 1.29 is 0 Å². The zero-order valence-electron chi connectivity index (χ0n) is 6.25. The van der Waals surface area contributed by atoms with Gasteiger partial charge in [-0.15, -0.1) is 0 Å². The molecular weight excluding hydrogens is 132 g/mol. The van der Waals surface area contributed by atoms with Crippen molar-refractivity contribution in [1.82, 2.24) is 0 Å². The van der Waals surface area contributed by atoms with Gasteiger partial charge in [-0.05, 0) is 12.0 Å². The topological polar surface area (TPSA) is 0 Å². The smallest absolute Gasteiger partial charge is 0.0260 e. The number of allylic oxidation sites excluding steroid dienone is 1. The monoisotopic (exact) mass is 148 g/mol. The maximum absolute atomic E-state index is 2.16. The normalized spacial score (nSPS) is 9.55. The fourth-order valence-electron chi connectivity index (χ4n) is 0.818. The van der Waals surface area contributed by atoms with E-state index in [0.29, 0.717) is 0 Å². The molecule has 0 fully saturated rings. The van der Waals surface area contributed by atoms with E-state index in [4.69, 9.17) is 0 Å². The fraction of sp³-hybridized carbons (Fsp3) is 0.273. The summed E-state index contributed by atoms with van der Waals surface area (Å²) in [7, 11) is 0. The molecule has 1 aromatic carbocycles. The van der Waals surface area contributed by atoms with Crippen LogP contribution < -0.4 is 0 Å². The lowest BCUT2D eigenvalue weighted by molar-refractivity contribution is 1.23. The third kappa shape index (κ3) is 3.61. The molecule has 1 rings (SSSR count). The number of rotatable bonds is 2. The third-order valence-corrected chi connectivity index (χ3v) is 1.35. The Balaban J connectivity index is 0.000001000. The van der Waals surface area contributed by atoms with E-state index in [1.165, 1.54) is 5.56 Å². The first-order chi connectivity index (χ1) is 4.93. The molecule has 0 aromatic heterocycles. The maximum Gasteiger partial charge on any atom is -0.0260 e. The van der Waals surface area contributed by atoms with Crippen LogP contribution in [0.4, 0.5) is 0 Å². The molecule has 0 aliphatic carbocycles.